The van der Waals surface area contributed by atoms with Gasteiger partial charge in [-0.2, -0.15) is 5.10 Å². The van der Waals surface area contributed by atoms with E-state index in [1.54, 1.807) is 6.20 Å². The molecule has 12 heavy (non-hydrogen) atoms. The Labute approximate surface area is 69.1 Å². The molecule has 0 atom stereocenters. The van der Waals surface area contributed by atoms with Crippen LogP contribution in [0.4, 0.5) is 0 Å². The van der Waals surface area contributed by atoms with E-state index in [0.717, 1.165) is 10.9 Å². The van der Waals surface area contributed by atoms with Gasteiger partial charge in [-0.15, -0.1) is 0 Å². The van der Waals surface area contributed by atoms with Gasteiger partial charge in [0.15, 0.2) is 0 Å². The van der Waals surface area contributed by atoms with Gasteiger partial charge in [0.1, 0.15) is 0 Å². The van der Waals surface area contributed by atoms with E-state index in [1.165, 1.54) is 4.68 Å². The highest BCUT2D eigenvalue weighted by atomic mass is 15.3. The summed E-state index contributed by atoms with van der Waals surface area (Å²) >= 11 is 0. The minimum atomic E-state index is -0.0637. The van der Waals surface area contributed by atoms with Gasteiger partial charge in [0.25, 0.3) is 0 Å². The molecule has 0 saturated carbocycles. The number of benzene rings is 1. The summed E-state index contributed by atoms with van der Waals surface area (Å²) in [5.74, 6) is -0.0637. The van der Waals surface area contributed by atoms with Crippen LogP contribution < -0.4 is 5.73 Å². The molecule has 4 heteroatoms. The van der Waals surface area contributed by atoms with Crippen molar-refractivity contribution < 1.29 is 0 Å². The Morgan fingerprint density at radius 1 is 1.42 bits per heavy atom. The fraction of sp³-hybridized carbons (Fsp3) is 0. The Hall–Kier alpha value is -1.84. The molecule has 1 aromatic carbocycles. The van der Waals surface area contributed by atoms with Crippen molar-refractivity contribution in [1.29, 1.82) is 5.41 Å². The van der Waals surface area contributed by atoms with Crippen molar-refractivity contribution in [3.05, 3.63) is 30.5 Å². The molecule has 0 radical (unpaired) electrons. The van der Waals surface area contributed by atoms with Crippen molar-refractivity contribution in [3.8, 4) is 0 Å². The molecule has 4 nitrogen and oxygen atoms in total. The van der Waals surface area contributed by atoms with E-state index >= 15 is 0 Å². The first-order valence-electron chi connectivity index (χ1n) is 3.56. The van der Waals surface area contributed by atoms with Crippen LogP contribution in [-0.2, 0) is 0 Å². The summed E-state index contributed by atoms with van der Waals surface area (Å²) in [6.45, 7) is 0. The summed E-state index contributed by atoms with van der Waals surface area (Å²) in [6.07, 6.45) is 1.73. The van der Waals surface area contributed by atoms with Gasteiger partial charge in [-0.25, -0.2) is 4.68 Å². The third kappa shape index (κ3) is 0.934. The van der Waals surface area contributed by atoms with Gasteiger partial charge >= 0.3 is 0 Å². The van der Waals surface area contributed by atoms with E-state index in [4.69, 9.17) is 11.1 Å². The van der Waals surface area contributed by atoms with Crippen LogP contribution in [0.2, 0.25) is 0 Å². The zero-order chi connectivity index (χ0) is 8.55. The normalized spacial score (nSPS) is 10.3. The van der Waals surface area contributed by atoms with E-state index in [-0.39, 0.29) is 5.96 Å². The van der Waals surface area contributed by atoms with E-state index in [2.05, 4.69) is 5.10 Å². The number of aromatic nitrogens is 2. The predicted molar refractivity (Wildman–Crippen MR) is 47.0 cm³/mol. The fourth-order valence-electron chi connectivity index (χ4n) is 1.09. The first kappa shape index (κ1) is 6.84. The molecule has 0 bridgehead atoms. The second kappa shape index (κ2) is 2.34. The molecule has 2 rings (SSSR count). The minimum absolute atomic E-state index is 0.0637. The van der Waals surface area contributed by atoms with Crippen LogP contribution in [-0.4, -0.2) is 15.7 Å². The van der Waals surface area contributed by atoms with Crippen molar-refractivity contribution >= 4 is 16.9 Å². The smallest absolute Gasteiger partial charge is 0.213 e. The molecule has 1 heterocycles. The van der Waals surface area contributed by atoms with Crippen molar-refractivity contribution in [2.75, 3.05) is 0 Å². The lowest BCUT2D eigenvalue weighted by Crippen LogP contribution is -2.20. The number of hydrogen-bond donors (Lipinski definition) is 2. The van der Waals surface area contributed by atoms with Gasteiger partial charge in [0, 0.05) is 11.6 Å². The number of nitrogen functional groups attached to an aromatic ring is 1. The summed E-state index contributed by atoms with van der Waals surface area (Å²) in [6, 6.07) is 7.64. The zero-order valence-corrected chi connectivity index (χ0v) is 6.36. The van der Waals surface area contributed by atoms with Gasteiger partial charge in [-0.05, 0) is 6.07 Å². The van der Waals surface area contributed by atoms with Crippen molar-refractivity contribution in [2.45, 2.75) is 0 Å². The molecule has 0 aliphatic heterocycles. The molecule has 0 amide bonds. The molecule has 1 aromatic heterocycles. The maximum Gasteiger partial charge on any atom is 0.213 e. The molecular weight excluding hydrogens is 152 g/mol. The number of rotatable bonds is 0. The molecule has 3 N–H and O–H groups in total. The number of hydrogen-bond acceptors (Lipinski definition) is 2. The molecule has 60 valence electrons. The van der Waals surface area contributed by atoms with Crippen LogP contribution in [0, 0.1) is 5.41 Å². The van der Waals surface area contributed by atoms with Crippen LogP contribution >= 0.6 is 0 Å². The summed E-state index contributed by atoms with van der Waals surface area (Å²) < 4.78 is 1.35. The fourth-order valence-corrected chi connectivity index (χ4v) is 1.09. The monoisotopic (exact) mass is 160 g/mol. The van der Waals surface area contributed by atoms with Gasteiger partial charge in [-0.3, -0.25) is 5.41 Å². The molecule has 0 spiro atoms. The molecule has 0 aliphatic rings. The highest BCUT2D eigenvalue weighted by Crippen LogP contribution is 2.09. The average Bonchev–Trinajstić information content (AvgIpc) is 2.46. The van der Waals surface area contributed by atoms with Crippen molar-refractivity contribution in [1.82, 2.24) is 9.78 Å². The summed E-state index contributed by atoms with van der Waals surface area (Å²) in [5.41, 5.74) is 6.12. The first-order valence-corrected chi connectivity index (χ1v) is 3.56. The number of nitrogens with zero attached hydrogens (tertiary/aromatic N) is 2. The number of nitrogens with one attached hydrogen (secondary N) is 1. The largest absolute Gasteiger partial charge is 0.368 e. The minimum Gasteiger partial charge on any atom is -0.368 e. The zero-order valence-electron chi connectivity index (χ0n) is 6.36. The van der Waals surface area contributed by atoms with E-state index in [1.807, 2.05) is 24.3 Å². The Kier molecular flexibility index (Phi) is 1.33. The third-order valence-electron chi connectivity index (χ3n) is 1.66. The Morgan fingerprint density at radius 3 is 2.83 bits per heavy atom. The van der Waals surface area contributed by atoms with E-state index < -0.39 is 0 Å². The Morgan fingerprint density at radius 2 is 2.17 bits per heavy atom. The SMILES string of the molecule is N=C(N)n1cc2ccccc2n1. The van der Waals surface area contributed by atoms with Gasteiger partial charge in [-0.1, -0.05) is 18.2 Å². The lowest BCUT2D eigenvalue weighted by atomic mass is 10.3. The molecule has 2 aromatic rings. The lowest BCUT2D eigenvalue weighted by Gasteiger charge is -1.91. The molecule has 0 fully saturated rings. The second-order valence-electron chi connectivity index (χ2n) is 2.52. The highest BCUT2D eigenvalue weighted by molar-refractivity contribution is 5.84. The van der Waals surface area contributed by atoms with Crippen LogP contribution in [0.1, 0.15) is 0 Å². The lowest BCUT2D eigenvalue weighted by molar-refractivity contribution is 0.928. The number of fused-ring (bicyclic) bond motifs is 1. The molecule has 0 saturated heterocycles. The average molecular weight is 160 g/mol. The second-order valence-corrected chi connectivity index (χ2v) is 2.52. The molecule has 0 aliphatic carbocycles. The summed E-state index contributed by atoms with van der Waals surface area (Å²) in [5, 5.41) is 12.2. The highest BCUT2D eigenvalue weighted by Gasteiger charge is 1.99. The quantitative estimate of drug-likeness (QED) is 0.441. The third-order valence-corrected chi connectivity index (χ3v) is 1.66. The van der Waals surface area contributed by atoms with Gasteiger partial charge < -0.3 is 5.73 Å². The molecular formula is C8H8N4. The van der Waals surface area contributed by atoms with Crippen LogP contribution in [0.3, 0.4) is 0 Å². The number of nitrogens with two attached hydrogens (primary N) is 1. The predicted octanol–water partition coefficient (Wildman–Crippen LogP) is 0.778. The summed E-state index contributed by atoms with van der Waals surface area (Å²) in [4.78, 5) is 0. The standard InChI is InChI=1S/C8H8N4/c9-8(10)12-5-6-3-1-2-4-7(6)11-12/h1-5H,(H3,9,10). The summed E-state index contributed by atoms with van der Waals surface area (Å²) in [7, 11) is 0. The first-order chi connectivity index (χ1) is 5.77. The molecule has 0 unspecified atom stereocenters. The van der Waals surface area contributed by atoms with Crippen molar-refractivity contribution in [3.63, 3.8) is 0 Å². The Bertz CT molecular complexity index is 396. The maximum absolute atomic E-state index is 7.15. The van der Waals surface area contributed by atoms with E-state index in [0.29, 0.717) is 0 Å². The van der Waals surface area contributed by atoms with E-state index in [9.17, 15) is 0 Å². The van der Waals surface area contributed by atoms with Crippen LogP contribution in [0.15, 0.2) is 30.5 Å². The van der Waals surface area contributed by atoms with Crippen molar-refractivity contribution in [2.24, 2.45) is 5.73 Å². The van der Waals surface area contributed by atoms with Crippen LogP contribution in [0.5, 0.6) is 0 Å². The van der Waals surface area contributed by atoms with Gasteiger partial charge in [0.05, 0.1) is 5.52 Å². The maximum atomic E-state index is 7.15. The van der Waals surface area contributed by atoms with Crippen LogP contribution in [0.25, 0.3) is 10.9 Å². The Balaban J connectivity index is 2.70. The van der Waals surface area contributed by atoms with Gasteiger partial charge in [0.2, 0.25) is 5.96 Å². The topological polar surface area (TPSA) is 67.7 Å².